The van der Waals surface area contributed by atoms with Crippen LogP contribution in [0, 0.1) is 0 Å². The van der Waals surface area contributed by atoms with Crippen molar-refractivity contribution in [1.82, 2.24) is 24.5 Å². The van der Waals surface area contributed by atoms with E-state index in [4.69, 9.17) is 0 Å². The number of amides is 1. The fraction of sp³-hybridized carbons (Fsp3) is 0.500. The third-order valence-electron chi connectivity index (χ3n) is 5.29. The second-order valence-electron chi connectivity index (χ2n) is 10.0. The summed E-state index contributed by atoms with van der Waals surface area (Å²) in [6.07, 6.45) is 0. The molecule has 8 heteroatoms. The first-order chi connectivity index (χ1) is 14.9. The molecule has 0 fully saturated rings. The van der Waals surface area contributed by atoms with Gasteiger partial charge in [-0.15, -0.1) is 10.2 Å². The minimum Gasteiger partial charge on any atom is -0.310 e. The Morgan fingerprint density at radius 1 is 1.03 bits per heavy atom. The van der Waals surface area contributed by atoms with E-state index in [1.165, 1.54) is 17.3 Å². The van der Waals surface area contributed by atoms with Gasteiger partial charge in [-0.2, -0.15) is 5.10 Å². The molecule has 7 nitrogen and oxygen atoms in total. The first kappa shape index (κ1) is 24.0. The number of aromatic nitrogens is 5. The summed E-state index contributed by atoms with van der Waals surface area (Å²) in [6.45, 7) is 15.7. The normalized spacial score (nSPS) is 12.2. The molecule has 3 aromatic rings. The number of aryl methyl sites for hydroxylation is 1. The number of benzene rings is 1. The van der Waals surface area contributed by atoms with Gasteiger partial charge in [-0.1, -0.05) is 77.6 Å². The summed E-state index contributed by atoms with van der Waals surface area (Å²) < 4.78 is 3.75. The Morgan fingerprint density at radius 3 is 2.22 bits per heavy atom. The number of nitrogens with one attached hydrogen (secondary N) is 1. The molecule has 32 heavy (non-hydrogen) atoms. The Labute approximate surface area is 195 Å². The minimum atomic E-state index is -0.0970. The van der Waals surface area contributed by atoms with Crippen molar-refractivity contribution >= 4 is 23.5 Å². The van der Waals surface area contributed by atoms with Crippen LogP contribution in [0.1, 0.15) is 59.7 Å². The van der Waals surface area contributed by atoms with E-state index in [2.05, 4.69) is 93.3 Å². The molecule has 2 aromatic heterocycles. The number of thioether (sulfide) groups is 1. The molecule has 0 spiro atoms. The predicted octanol–water partition coefficient (Wildman–Crippen LogP) is 5.02. The summed E-state index contributed by atoms with van der Waals surface area (Å²) in [4.78, 5) is 12.6. The van der Waals surface area contributed by atoms with Gasteiger partial charge in [0.25, 0.3) is 0 Å². The molecular formula is C24H34N6OS. The number of anilines is 1. The van der Waals surface area contributed by atoms with Gasteiger partial charge in [0.15, 0.2) is 11.0 Å². The highest BCUT2D eigenvalue weighted by Gasteiger charge is 2.20. The lowest BCUT2D eigenvalue weighted by Crippen LogP contribution is -2.16. The Morgan fingerprint density at radius 2 is 1.69 bits per heavy atom. The predicted molar refractivity (Wildman–Crippen MR) is 131 cm³/mol. The van der Waals surface area contributed by atoms with Crippen molar-refractivity contribution in [3.05, 3.63) is 41.6 Å². The van der Waals surface area contributed by atoms with Crippen molar-refractivity contribution < 1.29 is 4.79 Å². The van der Waals surface area contributed by atoms with Gasteiger partial charge in [-0.25, -0.2) is 0 Å². The van der Waals surface area contributed by atoms with Gasteiger partial charge < -0.3 is 9.88 Å². The SMILES string of the molecule is CCn1c(SCC(=O)Nc2cc(C(C)(C)C)nn2C)nnc1-c1ccc(C(C)(C)C)cc1. The zero-order valence-corrected chi connectivity index (χ0v) is 21.2. The van der Waals surface area contributed by atoms with Crippen LogP contribution in [0.5, 0.6) is 0 Å². The summed E-state index contributed by atoms with van der Waals surface area (Å²) in [5, 5.41) is 16.9. The monoisotopic (exact) mass is 454 g/mol. The standard InChI is InChI=1S/C24H34N6OS/c1-9-30-21(16-10-12-17(13-11-16)23(2,3)4)26-27-22(30)32-15-20(31)25-19-14-18(24(5,6)7)28-29(19)8/h10-14H,9,15H2,1-8H3,(H,25,31). The highest BCUT2D eigenvalue weighted by molar-refractivity contribution is 7.99. The first-order valence-electron chi connectivity index (χ1n) is 10.9. The van der Waals surface area contributed by atoms with E-state index in [0.717, 1.165) is 28.8 Å². The van der Waals surface area contributed by atoms with Gasteiger partial charge in [0, 0.05) is 30.6 Å². The molecular weight excluding hydrogens is 420 g/mol. The number of carbonyl (C=O) groups excluding carboxylic acids is 1. The molecule has 0 saturated carbocycles. The van der Waals surface area contributed by atoms with Crippen LogP contribution >= 0.6 is 11.8 Å². The third-order valence-corrected chi connectivity index (χ3v) is 6.26. The van der Waals surface area contributed by atoms with E-state index in [-0.39, 0.29) is 22.5 Å². The highest BCUT2D eigenvalue weighted by atomic mass is 32.2. The highest BCUT2D eigenvalue weighted by Crippen LogP contribution is 2.28. The van der Waals surface area contributed by atoms with Crippen LogP contribution < -0.4 is 5.32 Å². The number of hydrogen-bond acceptors (Lipinski definition) is 5. The van der Waals surface area contributed by atoms with E-state index in [9.17, 15) is 4.79 Å². The van der Waals surface area contributed by atoms with Crippen molar-refractivity contribution in [3.8, 4) is 11.4 Å². The Kier molecular flexibility index (Phi) is 6.83. The molecule has 1 N–H and O–H groups in total. The lowest BCUT2D eigenvalue weighted by Gasteiger charge is -2.19. The molecule has 1 amide bonds. The molecule has 0 radical (unpaired) electrons. The fourth-order valence-electron chi connectivity index (χ4n) is 3.27. The second-order valence-corrected chi connectivity index (χ2v) is 10.9. The molecule has 0 bridgehead atoms. The Bertz CT molecular complexity index is 1080. The van der Waals surface area contributed by atoms with E-state index < -0.39 is 0 Å². The Balaban J connectivity index is 1.69. The smallest absolute Gasteiger partial charge is 0.235 e. The van der Waals surface area contributed by atoms with Gasteiger partial charge >= 0.3 is 0 Å². The van der Waals surface area contributed by atoms with Gasteiger partial charge in [0.2, 0.25) is 5.91 Å². The van der Waals surface area contributed by atoms with Crippen molar-refractivity contribution in [2.45, 2.75) is 71.0 Å². The average molecular weight is 455 g/mol. The summed E-state index contributed by atoms with van der Waals surface area (Å²) in [5.41, 5.74) is 3.27. The first-order valence-corrected chi connectivity index (χ1v) is 11.9. The van der Waals surface area contributed by atoms with Crippen molar-refractivity contribution in [3.63, 3.8) is 0 Å². The molecule has 0 aliphatic carbocycles. The number of rotatable bonds is 6. The van der Waals surface area contributed by atoms with Crippen LogP contribution in [-0.2, 0) is 29.2 Å². The number of nitrogens with zero attached hydrogens (tertiary/aromatic N) is 5. The topological polar surface area (TPSA) is 77.6 Å². The summed E-state index contributed by atoms with van der Waals surface area (Å²) in [6, 6.07) is 10.4. The van der Waals surface area contributed by atoms with E-state index >= 15 is 0 Å². The average Bonchev–Trinajstić information content (AvgIpc) is 3.29. The molecule has 2 heterocycles. The van der Waals surface area contributed by atoms with Gasteiger partial charge in [-0.3, -0.25) is 9.48 Å². The third kappa shape index (κ3) is 5.41. The molecule has 0 unspecified atom stereocenters. The van der Waals surface area contributed by atoms with Gasteiger partial charge in [-0.05, 0) is 17.9 Å². The van der Waals surface area contributed by atoms with Gasteiger partial charge in [0.05, 0.1) is 11.4 Å². The van der Waals surface area contributed by atoms with Crippen molar-refractivity contribution in [2.75, 3.05) is 11.1 Å². The number of hydrogen-bond donors (Lipinski definition) is 1. The fourth-order valence-corrected chi connectivity index (χ4v) is 4.08. The zero-order chi connectivity index (χ0) is 23.7. The van der Waals surface area contributed by atoms with Crippen LogP contribution in [0.25, 0.3) is 11.4 Å². The largest absolute Gasteiger partial charge is 0.310 e. The van der Waals surface area contributed by atoms with Crippen LogP contribution in [0.3, 0.4) is 0 Å². The lowest BCUT2D eigenvalue weighted by atomic mass is 9.87. The molecule has 0 aliphatic heterocycles. The maximum absolute atomic E-state index is 12.6. The van der Waals surface area contributed by atoms with E-state index in [1.807, 2.05) is 17.7 Å². The lowest BCUT2D eigenvalue weighted by molar-refractivity contribution is -0.113. The molecule has 0 atom stereocenters. The molecule has 1 aromatic carbocycles. The van der Waals surface area contributed by atoms with E-state index in [0.29, 0.717) is 5.82 Å². The van der Waals surface area contributed by atoms with Crippen LogP contribution in [0.4, 0.5) is 5.82 Å². The summed E-state index contributed by atoms with van der Waals surface area (Å²) in [5.74, 6) is 1.66. The van der Waals surface area contributed by atoms with Crippen LogP contribution in [0.15, 0.2) is 35.5 Å². The zero-order valence-electron chi connectivity index (χ0n) is 20.4. The maximum Gasteiger partial charge on any atom is 0.235 e. The molecule has 3 rings (SSSR count). The van der Waals surface area contributed by atoms with E-state index in [1.54, 1.807) is 4.68 Å². The maximum atomic E-state index is 12.6. The van der Waals surface area contributed by atoms with Gasteiger partial charge in [0.1, 0.15) is 5.82 Å². The second kappa shape index (κ2) is 9.10. The van der Waals surface area contributed by atoms with Crippen LogP contribution in [-0.4, -0.2) is 36.2 Å². The minimum absolute atomic E-state index is 0.0749. The molecule has 172 valence electrons. The van der Waals surface area contributed by atoms with Crippen LogP contribution in [0.2, 0.25) is 0 Å². The van der Waals surface area contributed by atoms with Crippen molar-refractivity contribution in [1.29, 1.82) is 0 Å². The molecule has 0 aliphatic rings. The number of carbonyl (C=O) groups is 1. The summed E-state index contributed by atoms with van der Waals surface area (Å²) in [7, 11) is 1.84. The Hall–Kier alpha value is -2.61. The molecule has 0 saturated heterocycles. The quantitative estimate of drug-likeness (QED) is 0.529. The van der Waals surface area contributed by atoms with Crippen molar-refractivity contribution in [2.24, 2.45) is 7.05 Å². The summed E-state index contributed by atoms with van der Waals surface area (Å²) >= 11 is 1.39.